The number of rotatable bonds is 15. The number of methoxy groups -OCH3 is 1. The van der Waals surface area contributed by atoms with Gasteiger partial charge < -0.3 is 54.9 Å². The second kappa shape index (κ2) is 17.5. The number of aryl methyl sites for hydroxylation is 1. The molecule has 6 rings (SSSR count). The fourth-order valence-corrected chi connectivity index (χ4v) is 8.43. The third kappa shape index (κ3) is 8.32. The number of ether oxygens (including phenoxy) is 2. The Morgan fingerprint density at radius 2 is 1.79 bits per heavy atom. The van der Waals surface area contributed by atoms with E-state index < -0.39 is 94.1 Å². The molecule has 22 nitrogen and oxygen atoms in total. The normalized spacial score (nSPS) is 17.7. The van der Waals surface area contributed by atoms with Gasteiger partial charge in [-0.05, 0) is 46.7 Å². The second-order valence-corrected chi connectivity index (χ2v) is 14.2. The van der Waals surface area contributed by atoms with E-state index in [1.807, 2.05) is 0 Å². The number of hydrogen-bond acceptors (Lipinski definition) is 18. The van der Waals surface area contributed by atoms with Gasteiger partial charge in [0.05, 0.1) is 17.1 Å². The van der Waals surface area contributed by atoms with Crippen LogP contribution in [0.25, 0.3) is 11.0 Å². The number of aromatic hydroxyl groups is 2. The van der Waals surface area contributed by atoms with Gasteiger partial charge in [0.15, 0.2) is 18.1 Å². The Balaban J connectivity index is 0.00000641. The summed E-state index contributed by atoms with van der Waals surface area (Å²) in [6.45, 7) is 0.0252. The SMILES string of the molecule is CO[C@@]1(NC(=O)C(NC(=O)c2c(C)oc3cc(O)c(O)cc3c2=O)c2ccc(OCC(=O)O)cc2)C(=O)N2C(C(=O)[O-])=C(CSc3nnnn3CC(=O)O)CS[C@H]21.[Na+]. The number of fused-ring (bicyclic) bond motifs is 2. The third-order valence-electron chi connectivity index (χ3n) is 8.60. The Hall–Kier alpha value is -5.66. The molecule has 2 aromatic heterocycles. The van der Waals surface area contributed by atoms with E-state index in [0.717, 1.165) is 52.3 Å². The van der Waals surface area contributed by atoms with Crippen molar-refractivity contribution in [3.8, 4) is 17.2 Å². The van der Waals surface area contributed by atoms with Crippen LogP contribution in [0.2, 0.25) is 0 Å². The minimum atomic E-state index is -2.20. The molecule has 58 heavy (non-hydrogen) atoms. The molecular formula is C33H28N7NaO15S2. The van der Waals surface area contributed by atoms with Gasteiger partial charge in [0.2, 0.25) is 16.5 Å². The third-order valence-corrected chi connectivity index (χ3v) is 11.0. The number of carbonyl (C=O) groups excluding carboxylic acids is 4. The zero-order valence-electron chi connectivity index (χ0n) is 30.3. The first-order valence-corrected chi connectivity index (χ1v) is 18.2. The van der Waals surface area contributed by atoms with Crippen LogP contribution in [0.5, 0.6) is 17.2 Å². The summed E-state index contributed by atoms with van der Waals surface area (Å²) in [4.78, 5) is 90.9. The van der Waals surface area contributed by atoms with Crippen molar-refractivity contribution in [3.63, 3.8) is 0 Å². The average Bonchev–Trinajstić information content (AvgIpc) is 3.60. The van der Waals surface area contributed by atoms with E-state index in [1.165, 1.54) is 31.2 Å². The van der Waals surface area contributed by atoms with Crippen LogP contribution in [0.15, 0.2) is 62.0 Å². The molecule has 3 amide bonds. The predicted octanol–water partition coefficient (Wildman–Crippen LogP) is -4.31. The summed E-state index contributed by atoms with van der Waals surface area (Å²) >= 11 is 1.93. The molecule has 6 N–H and O–H groups in total. The van der Waals surface area contributed by atoms with E-state index in [9.17, 15) is 48.9 Å². The number of amides is 3. The number of carboxylic acids is 3. The van der Waals surface area contributed by atoms with E-state index in [-0.39, 0.29) is 79.8 Å². The smallest absolute Gasteiger partial charge is 0.543 e. The van der Waals surface area contributed by atoms with Gasteiger partial charge >= 0.3 is 41.5 Å². The van der Waals surface area contributed by atoms with Crippen LogP contribution in [-0.4, -0.2) is 117 Å². The Morgan fingerprint density at radius 3 is 2.43 bits per heavy atom. The Bertz CT molecular complexity index is 2440. The number of aromatic nitrogens is 4. The van der Waals surface area contributed by atoms with Crippen molar-refractivity contribution in [1.82, 2.24) is 35.7 Å². The average molecular weight is 850 g/mol. The van der Waals surface area contributed by atoms with Crippen LogP contribution in [0.4, 0.5) is 0 Å². The summed E-state index contributed by atoms with van der Waals surface area (Å²) in [5, 5.41) is 64.7. The second-order valence-electron chi connectivity index (χ2n) is 12.2. The van der Waals surface area contributed by atoms with Crippen LogP contribution in [-0.2, 0) is 35.3 Å². The van der Waals surface area contributed by atoms with Gasteiger partial charge in [-0.2, -0.15) is 0 Å². The molecule has 4 aromatic rings. The molecule has 2 aromatic carbocycles. The van der Waals surface area contributed by atoms with Crippen molar-refractivity contribution in [2.45, 2.75) is 35.8 Å². The number of β-lactam (4-membered cyclic amide) rings is 1. The maximum absolute atomic E-state index is 14.2. The van der Waals surface area contributed by atoms with Gasteiger partial charge in [0.1, 0.15) is 40.6 Å². The summed E-state index contributed by atoms with van der Waals surface area (Å²) in [5.41, 5.74) is -4.13. The fraction of sp³-hybridized carbons (Fsp3) is 0.273. The number of phenolic OH excluding ortho intramolecular Hbond substituents is 2. The molecule has 0 aliphatic carbocycles. The van der Waals surface area contributed by atoms with Crippen molar-refractivity contribution in [1.29, 1.82) is 0 Å². The summed E-state index contributed by atoms with van der Waals surface area (Å²) in [7, 11) is 1.09. The molecule has 0 saturated carbocycles. The molecule has 0 bridgehead atoms. The fourth-order valence-electron chi connectivity index (χ4n) is 5.97. The Kier molecular flexibility index (Phi) is 13.1. The number of phenols is 2. The minimum Gasteiger partial charge on any atom is -0.543 e. The largest absolute Gasteiger partial charge is 1.00 e. The summed E-state index contributed by atoms with van der Waals surface area (Å²) in [5.74, 6) is -8.98. The molecule has 4 heterocycles. The van der Waals surface area contributed by atoms with Gasteiger partial charge in [-0.15, -0.1) is 16.9 Å². The van der Waals surface area contributed by atoms with Crippen LogP contribution in [0.3, 0.4) is 0 Å². The molecule has 1 saturated heterocycles. The summed E-state index contributed by atoms with van der Waals surface area (Å²) in [6, 6.07) is 5.36. The quantitative estimate of drug-likeness (QED) is 0.0217. The zero-order valence-corrected chi connectivity index (χ0v) is 33.9. The van der Waals surface area contributed by atoms with Crippen LogP contribution < -0.4 is 55.5 Å². The van der Waals surface area contributed by atoms with Crippen molar-refractivity contribution in [3.05, 3.63) is 74.8 Å². The first-order valence-electron chi connectivity index (χ1n) is 16.2. The number of nitrogens with zero attached hydrogens (tertiary/aromatic N) is 5. The first kappa shape index (κ1) is 43.5. The number of nitrogens with one attached hydrogen (secondary N) is 2. The molecule has 2 aliphatic heterocycles. The van der Waals surface area contributed by atoms with Gasteiger partial charge in [-0.1, -0.05) is 23.9 Å². The molecule has 0 spiro atoms. The van der Waals surface area contributed by atoms with Crippen molar-refractivity contribution < 1.29 is 97.7 Å². The van der Waals surface area contributed by atoms with Gasteiger partial charge in [-0.25, -0.2) is 9.48 Å². The number of aliphatic carboxylic acids is 3. The number of hydrogen-bond donors (Lipinski definition) is 6. The van der Waals surface area contributed by atoms with Gasteiger partial charge in [0.25, 0.3) is 17.5 Å². The number of carboxylic acid groups (broad SMARTS) is 3. The van der Waals surface area contributed by atoms with Crippen molar-refractivity contribution >= 4 is 70.1 Å². The molecule has 1 fully saturated rings. The van der Waals surface area contributed by atoms with E-state index in [2.05, 4.69) is 26.2 Å². The van der Waals surface area contributed by atoms with Crippen molar-refractivity contribution in [2.75, 3.05) is 25.2 Å². The molecule has 3 atom stereocenters. The topological polar surface area (TPSA) is 326 Å². The van der Waals surface area contributed by atoms with Crippen LogP contribution in [0.1, 0.15) is 27.7 Å². The van der Waals surface area contributed by atoms with E-state index in [1.54, 1.807) is 0 Å². The maximum Gasteiger partial charge on any atom is 1.00 e. The van der Waals surface area contributed by atoms with Gasteiger partial charge in [0, 0.05) is 24.7 Å². The number of tetrazole rings is 1. The summed E-state index contributed by atoms with van der Waals surface area (Å²) < 4.78 is 17.3. The van der Waals surface area contributed by atoms with Crippen LogP contribution >= 0.6 is 23.5 Å². The number of carbonyl (C=O) groups is 6. The first-order chi connectivity index (χ1) is 27.1. The Morgan fingerprint density at radius 1 is 1.10 bits per heavy atom. The Labute approximate surface area is 354 Å². The van der Waals surface area contributed by atoms with Crippen LogP contribution in [0, 0.1) is 6.92 Å². The van der Waals surface area contributed by atoms with E-state index in [4.69, 9.17) is 24.1 Å². The number of thioether (sulfide) groups is 2. The summed E-state index contributed by atoms with van der Waals surface area (Å²) in [6.07, 6.45) is 0. The number of benzene rings is 2. The van der Waals surface area contributed by atoms with Gasteiger partial charge in [-0.3, -0.25) is 28.9 Å². The minimum absolute atomic E-state index is 0. The monoisotopic (exact) mass is 849 g/mol. The molecule has 2 aliphatic rings. The standard InChI is InChI=1S/C33H29N7O15S2.Na/c1-13-23(26(47)17-7-18(41)19(42)8-20(17)55-13)27(48)34-24(14-3-5-16(6-4-14)54-10-22(45)46)28(49)35-33(53-2)30(52)40-25(29(50)51)15(11-56-31(33)40)12-57-32-36-37-38-39(32)9-21(43)44;/h3-8,24,31,41-42H,9-12H2,1-2H3,(H,34,48)(H,35,49)(H,43,44)(H,45,46)(H,50,51);/q;+1/p-1/t24?,31-,33-;/m0./s1. The van der Waals surface area contributed by atoms with Crippen molar-refractivity contribution in [2.24, 2.45) is 0 Å². The molecule has 1 unspecified atom stereocenters. The predicted molar refractivity (Wildman–Crippen MR) is 190 cm³/mol. The maximum atomic E-state index is 14.2. The van der Waals surface area contributed by atoms with E-state index >= 15 is 0 Å². The zero-order chi connectivity index (χ0) is 41.3. The van der Waals surface area contributed by atoms with E-state index in [0.29, 0.717) is 0 Å². The molecule has 0 radical (unpaired) electrons. The molecule has 25 heteroatoms. The molecular weight excluding hydrogens is 822 g/mol. The molecule has 298 valence electrons.